The molecule has 0 radical (unpaired) electrons. The lowest BCUT2D eigenvalue weighted by Gasteiger charge is -2.29. The number of unbranched alkanes of at least 4 members (excludes halogenated alkanes) is 1. The normalized spacial score (nSPS) is 16.5. The molecule has 128 valence electrons. The second-order valence-electron chi connectivity index (χ2n) is 6.61. The van der Waals surface area contributed by atoms with E-state index in [9.17, 15) is 9.90 Å². The van der Waals surface area contributed by atoms with Gasteiger partial charge in [-0.3, -0.25) is 0 Å². The highest BCUT2D eigenvalue weighted by molar-refractivity contribution is 5.90. The van der Waals surface area contributed by atoms with Gasteiger partial charge in [0, 0.05) is 5.69 Å². The van der Waals surface area contributed by atoms with E-state index in [0.29, 0.717) is 12.5 Å². The molecule has 0 spiro atoms. The van der Waals surface area contributed by atoms with Gasteiger partial charge in [0.25, 0.3) is 0 Å². The van der Waals surface area contributed by atoms with Gasteiger partial charge in [-0.1, -0.05) is 13.3 Å². The number of aliphatic hydroxyl groups is 1. The molecule has 1 fully saturated rings. The number of aliphatic hydroxyl groups excluding tert-OH is 1. The molecular formula is C18H28N2O3. The summed E-state index contributed by atoms with van der Waals surface area (Å²) in [5.41, 5.74) is 1.16. The maximum absolute atomic E-state index is 12.2. The fourth-order valence-electron chi connectivity index (χ4n) is 2.60. The Hall–Kier alpha value is -1.75. The number of anilines is 1. The predicted molar refractivity (Wildman–Crippen MR) is 92.0 cm³/mol. The van der Waals surface area contributed by atoms with Crippen molar-refractivity contribution in [3.8, 4) is 5.75 Å². The molecule has 0 saturated heterocycles. The van der Waals surface area contributed by atoms with E-state index in [2.05, 4.69) is 17.6 Å². The van der Waals surface area contributed by atoms with Crippen molar-refractivity contribution in [1.82, 2.24) is 5.32 Å². The van der Waals surface area contributed by atoms with Crippen LogP contribution in [0.25, 0.3) is 0 Å². The van der Waals surface area contributed by atoms with Crippen molar-refractivity contribution in [2.45, 2.75) is 52.0 Å². The summed E-state index contributed by atoms with van der Waals surface area (Å²) in [7, 11) is 0. The Morgan fingerprint density at radius 3 is 2.74 bits per heavy atom. The van der Waals surface area contributed by atoms with Crippen LogP contribution in [0.2, 0.25) is 0 Å². The number of hydrogen-bond acceptors (Lipinski definition) is 3. The molecule has 2 rings (SSSR count). The molecule has 0 heterocycles. The van der Waals surface area contributed by atoms with Crippen LogP contribution in [0.4, 0.5) is 10.5 Å². The molecule has 3 N–H and O–H groups in total. The van der Waals surface area contributed by atoms with E-state index < -0.39 is 5.54 Å². The third-order valence-corrected chi connectivity index (χ3v) is 4.42. The number of urea groups is 1. The molecule has 1 atom stereocenters. The quantitative estimate of drug-likeness (QED) is 0.642. The van der Waals surface area contributed by atoms with E-state index in [4.69, 9.17) is 4.74 Å². The summed E-state index contributed by atoms with van der Waals surface area (Å²) in [5.74, 6) is 1.19. The zero-order chi connectivity index (χ0) is 16.9. The van der Waals surface area contributed by atoms with Crippen LogP contribution in [0, 0.1) is 12.8 Å². The Bertz CT molecular complexity index is 543. The Morgan fingerprint density at radius 2 is 2.17 bits per heavy atom. The average molecular weight is 320 g/mol. The van der Waals surface area contributed by atoms with Gasteiger partial charge < -0.3 is 20.5 Å². The zero-order valence-corrected chi connectivity index (χ0v) is 14.3. The van der Waals surface area contributed by atoms with Crippen LogP contribution < -0.4 is 15.4 Å². The number of rotatable bonds is 8. The van der Waals surface area contributed by atoms with Crippen molar-refractivity contribution in [3.63, 3.8) is 0 Å². The van der Waals surface area contributed by atoms with Gasteiger partial charge in [-0.2, -0.15) is 0 Å². The lowest BCUT2D eigenvalue weighted by molar-refractivity contribution is 0.159. The van der Waals surface area contributed by atoms with Gasteiger partial charge in [0.15, 0.2) is 0 Å². The molecule has 5 heteroatoms. The largest absolute Gasteiger partial charge is 0.494 e. The molecule has 1 aliphatic rings. The fourth-order valence-corrected chi connectivity index (χ4v) is 2.60. The topological polar surface area (TPSA) is 70.6 Å². The summed E-state index contributed by atoms with van der Waals surface area (Å²) in [4.78, 5) is 12.2. The Morgan fingerprint density at radius 1 is 1.43 bits per heavy atom. The summed E-state index contributed by atoms with van der Waals surface area (Å²) >= 11 is 0. The smallest absolute Gasteiger partial charge is 0.319 e. The van der Waals surface area contributed by atoms with Crippen molar-refractivity contribution >= 4 is 11.7 Å². The molecule has 0 bridgehead atoms. The van der Waals surface area contributed by atoms with E-state index in [1.54, 1.807) is 0 Å². The minimum absolute atomic E-state index is 0.0473. The van der Waals surface area contributed by atoms with Crippen LogP contribution >= 0.6 is 0 Å². The van der Waals surface area contributed by atoms with Crippen LogP contribution in [0.5, 0.6) is 5.75 Å². The second-order valence-corrected chi connectivity index (χ2v) is 6.61. The first-order chi connectivity index (χ1) is 11.0. The highest BCUT2D eigenvalue weighted by atomic mass is 16.5. The minimum Gasteiger partial charge on any atom is -0.494 e. The van der Waals surface area contributed by atoms with Crippen LogP contribution in [0.3, 0.4) is 0 Å². The molecule has 5 nitrogen and oxygen atoms in total. The SMILES string of the molecule is CCCCOc1ccc(NC(=O)NC(C)(CO)C2CC2)c(C)c1. The summed E-state index contributed by atoms with van der Waals surface area (Å²) in [6.07, 6.45) is 4.24. The molecule has 1 aromatic carbocycles. The first kappa shape index (κ1) is 17.6. The number of ether oxygens (including phenoxy) is 1. The number of benzene rings is 1. The van der Waals surface area contributed by atoms with E-state index in [1.165, 1.54) is 0 Å². The summed E-state index contributed by atoms with van der Waals surface area (Å²) in [5, 5.41) is 15.3. The van der Waals surface area contributed by atoms with Gasteiger partial charge in [-0.25, -0.2) is 4.79 Å². The number of amides is 2. The summed E-state index contributed by atoms with van der Waals surface area (Å²) in [6.45, 7) is 6.62. The molecule has 2 amide bonds. The molecule has 0 aliphatic heterocycles. The van der Waals surface area contributed by atoms with Crippen LogP contribution in [-0.4, -0.2) is 29.9 Å². The maximum Gasteiger partial charge on any atom is 0.319 e. The lowest BCUT2D eigenvalue weighted by atomic mass is 9.97. The molecule has 1 unspecified atom stereocenters. The molecule has 1 saturated carbocycles. The first-order valence-corrected chi connectivity index (χ1v) is 8.42. The van der Waals surface area contributed by atoms with E-state index in [0.717, 1.165) is 42.7 Å². The predicted octanol–water partition coefficient (Wildman–Crippen LogP) is 3.46. The Balaban J connectivity index is 1.92. The lowest BCUT2D eigenvalue weighted by Crippen LogP contribution is -2.52. The summed E-state index contributed by atoms with van der Waals surface area (Å²) in [6, 6.07) is 5.36. The number of carbonyl (C=O) groups is 1. The first-order valence-electron chi connectivity index (χ1n) is 8.42. The molecule has 23 heavy (non-hydrogen) atoms. The standard InChI is InChI=1S/C18H28N2O3/c1-4-5-10-23-15-8-9-16(13(2)11-15)19-17(22)20-18(3,12-21)14-6-7-14/h8-9,11,14,21H,4-7,10,12H2,1-3H3,(H2,19,20,22). The molecule has 1 aliphatic carbocycles. The summed E-state index contributed by atoms with van der Waals surface area (Å²) < 4.78 is 5.66. The number of nitrogens with one attached hydrogen (secondary N) is 2. The van der Waals surface area contributed by atoms with Crippen LogP contribution in [-0.2, 0) is 0 Å². The minimum atomic E-state index is -0.540. The highest BCUT2D eigenvalue weighted by Gasteiger charge is 2.42. The number of aryl methyl sites for hydroxylation is 1. The fraction of sp³-hybridized carbons (Fsp3) is 0.611. The Kier molecular flexibility index (Phi) is 5.88. The zero-order valence-electron chi connectivity index (χ0n) is 14.3. The van der Waals surface area contributed by atoms with Gasteiger partial charge in [-0.15, -0.1) is 0 Å². The Labute approximate surface area is 138 Å². The van der Waals surface area contributed by atoms with E-state index in [-0.39, 0.29) is 12.6 Å². The number of hydrogen-bond donors (Lipinski definition) is 3. The average Bonchev–Trinajstić information content (AvgIpc) is 3.35. The van der Waals surface area contributed by atoms with Crippen molar-refractivity contribution in [2.24, 2.45) is 5.92 Å². The monoisotopic (exact) mass is 320 g/mol. The maximum atomic E-state index is 12.2. The third-order valence-electron chi connectivity index (χ3n) is 4.42. The van der Waals surface area contributed by atoms with E-state index in [1.807, 2.05) is 32.0 Å². The van der Waals surface area contributed by atoms with Crippen molar-refractivity contribution in [1.29, 1.82) is 0 Å². The van der Waals surface area contributed by atoms with Crippen LogP contribution in [0.15, 0.2) is 18.2 Å². The molecule has 0 aromatic heterocycles. The van der Waals surface area contributed by atoms with Crippen molar-refractivity contribution in [2.75, 3.05) is 18.5 Å². The second kappa shape index (κ2) is 7.68. The van der Waals surface area contributed by atoms with E-state index >= 15 is 0 Å². The molecule has 1 aromatic rings. The van der Waals surface area contributed by atoms with Crippen molar-refractivity contribution < 1.29 is 14.6 Å². The van der Waals surface area contributed by atoms with Gasteiger partial charge in [0.2, 0.25) is 0 Å². The molecular weight excluding hydrogens is 292 g/mol. The van der Waals surface area contributed by atoms with Gasteiger partial charge in [0.1, 0.15) is 5.75 Å². The van der Waals surface area contributed by atoms with Crippen LogP contribution in [0.1, 0.15) is 45.1 Å². The van der Waals surface area contributed by atoms with Gasteiger partial charge >= 0.3 is 6.03 Å². The van der Waals surface area contributed by atoms with Gasteiger partial charge in [-0.05, 0) is 62.8 Å². The number of carbonyl (C=O) groups excluding carboxylic acids is 1. The third kappa shape index (κ3) is 4.86. The van der Waals surface area contributed by atoms with Crippen molar-refractivity contribution in [3.05, 3.63) is 23.8 Å². The highest BCUT2D eigenvalue weighted by Crippen LogP contribution is 2.39. The van der Waals surface area contributed by atoms with Gasteiger partial charge in [0.05, 0.1) is 18.8 Å².